The lowest BCUT2D eigenvalue weighted by Crippen LogP contribution is -2.36. The highest BCUT2D eigenvalue weighted by Crippen LogP contribution is 2.05. The molecule has 110 valence electrons. The molecule has 2 aromatic heterocycles. The molecule has 0 unspecified atom stereocenters. The van der Waals surface area contributed by atoms with Crippen LogP contribution in [0.15, 0.2) is 46.8 Å². The van der Waals surface area contributed by atoms with Crippen LogP contribution in [0.25, 0.3) is 6.08 Å². The van der Waals surface area contributed by atoms with Gasteiger partial charge in [-0.05, 0) is 30.3 Å². The van der Waals surface area contributed by atoms with Gasteiger partial charge in [0.05, 0.1) is 12.9 Å². The molecule has 7 nitrogen and oxygen atoms in total. The molecule has 2 aromatic rings. The lowest BCUT2D eigenvalue weighted by molar-refractivity contribution is -0.117. The predicted octanol–water partition coefficient (Wildman–Crippen LogP) is 0.487. The number of carbonyl (C=O) groups excluding carboxylic acids is 2. The smallest absolute Gasteiger partial charge is 0.291 e. The van der Waals surface area contributed by atoms with E-state index >= 15 is 0 Å². The monoisotopic (exact) mass is 289 g/mol. The number of aliphatic hydroxyl groups is 1. The van der Waals surface area contributed by atoms with E-state index in [1.165, 1.54) is 18.4 Å². The van der Waals surface area contributed by atoms with Crippen LogP contribution in [0.3, 0.4) is 0 Å². The van der Waals surface area contributed by atoms with E-state index in [1.54, 1.807) is 24.4 Å². The van der Waals surface area contributed by atoms with Gasteiger partial charge in [-0.1, -0.05) is 0 Å². The number of furan rings is 1. The van der Waals surface area contributed by atoms with Crippen LogP contribution >= 0.6 is 0 Å². The molecule has 0 bridgehead atoms. The zero-order valence-electron chi connectivity index (χ0n) is 11.1. The molecular weight excluding hydrogens is 274 g/mol. The Balaban J connectivity index is 2.15. The van der Waals surface area contributed by atoms with Gasteiger partial charge in [0.25, 0.3) is 11.8 Å². The summed E-state index contributed by atoms with van der Waals surface area (Å²) < 4.78 is 4.97. The number of aromatic nitrogens is 1. The highest BCUT2D eigenvalue weighted by atomic mass is 16.3. The first kappa shape index (κ1) is 14.6. The second kappa shape index (κ2) is 7.11. The standard InChI is InChI=1S/C14H15N3O4/c18-7-6-16-13(19)11(9-10-3-1-5-15-10)17-14(20)12-4-2-8-21-12/h1-5,8-9,15,18H,6-7H2,(H,16,19)(H,17,20)/b11-9-. The molecule has 2 heterocycles. The van der Waals surface area contributed by atoms with Crippen molar-refractivity contribution in [3.8, 4) is 0 Å². The summed E-state index contributed by atoms with van der Waals surface area (Å²) in [6.45, 7) is -0.0921. The summed E-state index contributed by atoms with van der Waals surface area (Å²) in [7, 11) is 0. The summed E-state index contributed by atoms with van der Waals surface area (Å²) in [5.74, 6) is -0.933. The predicted molar refractivity (Wildman–Crippen MR) is 75.0 cm³/mol. The third kappa shape index (κ3) is 4.08. The van der Waals surface area contributed by atoms with Crippen molar-refractivity contribution < 1.29 is 19.1 Å². The van der Waals surface area contributed by atoms with Gasteiger partial charge in [0.15, 0.2) is 5.76 Å². The fourth-order valence-electron chi connectivity index (χ4n) is 1.60. The van der Waals surface area contributed by atoms with Crippen molar-refractivity contribution in [3.05, 3.63) is 53.9 Å². The Labute approximate surface area is 120 Å². The van der Waals surface area contributed by atoms with Gasteiger partial charge in [0.1, 0.15) is 5.70 Å². The molecular formula is C14H15N3O4. The van der Waals surface area contributed by atoms with Gasteiger partial charge in [-0.25, -0.2) is 0 Å². The number of aliphatic hydroxyl groups excluding tert-OH is 1. The number of rotatable bonds is 6. The largest absolute Gasteiger partial charge is 0.459 e. The Bertz CT molecular complexity index is 615. The first-order valence-electron chi connectivity index (χ1n) is 6.29. The van der Waals surface area contributed by atoms with Crippen LogP contribution in [0.4, 0.5) is 0 Å². The average Bonchev–Trinajstić information content (AvgIpc) is 3.16. The minimum atomic E-state index is -0.531. The molecule has 0 aromatic carbocycles. The van der Waals surface area contributed by atoms with Crippen molar-refractivity contribution in [1.29, 1.82) is 0 Å². The van der Waals surface area contributed by atoms with Gasteiger partial charge in [0, 0.05) is 18.4 Å². The number of hydrogen-bond donors (Lipinski definition) is 4. The zero-order chi connectivity index (χ0) is 15.1. The maximum absolute atomic E-state index is 12.0. The van der Waals surface area contributed by atoms with Crippen molar-refractivity contribution in [1.82, 2.24) is 15.6 Å². The highest BCUT2D eigenvalue weighted by molar-refractivity contribution is 6.04. The van der Waals surface area contributed by atoms with Gasteiger partial charge >= 0.3 is 0 Å². The van der Waals surface area contributed by atoms with E-state index in [0.717, 1.165) is 0 Å². The van der Waals surface area contributed by atoms with Gasteiger partial charge in [-0.15, -0.1) is 0 Å². The molecule has 0 fully saturated rings. The zero-order valence-corrected chi connectivity index (χ0v) is 11.1. The van der Waals surface area contributed by atoms with Crippen molar-refractivity contribution >= 4 is 17.9 Å². The van der Waals surface area contributed by atoms with Crippen LogP contribution in [0.5, 0.6) is 0 Å². The van der Waals surface area contributed by atoms with Crippen molar-refractivity contribution in [2.45, 2.75) is 0 Å². The lowest BCUT2D eigenvalue weighted by Gasteiger charge is -2.09. The van der Waals surface area contributed by atoms with Gasteiger partial charge in [-0.3, -0.25) is 9.59 Å². The second-order valence-electron chi connectivity index (χ2n) is 4.09. The summed E-state index contributed by atoms with van der Waals surface area (Å²) in [5.41, 5.74) is 0.705. The number of carbonyl (C=O) groups is 2. The summed E-state index contributed by atoms with van der Waals surface area (Å²) in [5, 5.41) is 13.7. The van der Waals surface area contributed by atoms with E-state index in [2.05, 4.69) is 15.6 Å². The highest BCUT2D eigenvalue weighted by Gasteiger charge is 2.16. The molecule has 0 aliphatic carbocycles. The second-order valence-corrected chi connectivity index (χ2v) is 4.09. The molecule has 0 spiro atoms. The lowest BCUT2D eigenvalue weighted by atomic mass is 10.3. The minimum Gasteiger partial charge on any atom is -0.459 e. The van der Waals surface area contributed by atoms with Crippen molar-refractivity contribution in [2.75, 3.05) is 13.2 Å². The third-order valence-electron chi connectivity index (χ3n) is 2.56. The van der Waals surface area contributed by atoms with E-state index in [9.17, 15) is 9.59 Å². The molecule has 2 rings (SSSR count). The molecule has 0 atom stereocenters. The van der Waals surface area contributed by atoms with E-state index in [1.807, 2.05) is 0 Å². The van der Waals surface area contributed by atoms with E-state index < -0.39 is 11.8 Å². The quantitative estimate of drug-likeness (QED) is 0.580. The molecule has 21 heavy (non-hydrogen) atoms. The summed E-state index contributed by atoms with van der Waals surface area (Å²) in [6.07, 6.45) is 4.56. The van der Waals surface area contributed by atoms with Crippen LogP contribution in [-0.2, 0) is 4.79 Å². The molecule has 4 N–H and O–H groups in total. The molecule has 0 radical (unpaired) electrons. The summed E-state index contributed by atoms with van der Waals surface area (Å²) >= 11 is 0. The third-order valence-corrected chi connectivity index (χ3v) is 2.56. The SMILES string of the molecule is O=C(NCCO)/C(=C/c1ccc[nH]1)NC(=O)c1ccco1. The van der Waals surface area contributed by atoms with E-state index in [-0.39, 0.29) is 24.6 Å². The Kier molecular flexibility index (Phi) is 4.94. The first-order valence-corrected chi connectivity index (χ1v) is 6.29. The molecule has 0 saturated carbocycles. The molecule has 7 heteroatoms. The van der Waals surface area contributed by atoms with Crippen LogP contribution in [-0.4, -0.2) is 35.1 Å². The van der Waals surface area contributed by atoms with Crippen molar-refractivity contribution in [3.63, 3.8) is 0 Å². The Hall–Kier alpha value is -2.80. The van der Waals surface area contributed by atoms with Crippen LogP contribution in [0.2, 0.25) is 0 Å². The average molecular weight is 289 g/mol. The number of hydrogen-bond acceptors (Lipinski definition) is 4. The van der Waals surface area contributed by atoms with E-state index in [0.29, 0.717) is 5.69 Å². The van der Waals surface area contributed by atoms with Crippen molar-refractivity contribution in [2.24, 2.45) is 0 Å². The minimum absolute atomic E-state index is 0.0484. The maximum atomic E-state index is 12.0. The van der Waals surface area contributed by atoms with Gasteiger partial charge in [0.2, 0.25) is 0 Å². The Morgan fingerprint density at radius 2 is 2.19 bits per heavy atom. The first-order chi connectivity index (χ1) is 10.2. The van der Waals surface area contributed by atoms with Crippen LogP contribution < -0.4 is 10.6 Å². The Morgan fingerprint density at radius 1 is 1.33 bits per heavy atom. The fourth-order valence-corrected chi connectivity index (χ4v) is 1.60. The number of amides is 2. The molecule has 0 aliphatic heterocycles. The molecule has 2 amide bonds. The number of nitrogens with one attached hydrogen (secondary N) is 3. The summed E-state index contributed by atoms with van der Waals surface area (Å²) in [4.78, 5) is 26.8. The van der Waals surface area contributed by atoms with E-state index in [4.69, 9.17) is 9.52 Å². The fraction of sp³-hybridized carbons (Fsp3) is 0.143. The molecule has 0 saturated heterocycles. The summed E-state index contributed by atoms with van der Waals surface area (Å²) in [6, 6.07) is 6.59. The maximum Gasteiger partial charge on any atom is 0.291 e. The Morgan fingerprint density at radius 3 is 2.81 bits per heavy atom. The number of aromatic amines is 1. The molecule has 0 aliphatic rings. The van der Waals surface area contributed by atoms with Gasteiger partial charge in [-0.2, -0.15) is 0 Å². The van der Waals surface area contributed by atoms with Gasteiger partial charge < -0.3 is 25.1 Å². The normalized spacial score (nSPS) is 11.2. The topological polar surface area (TPSA) is 107 Å². The van der Waals surface area contributed by atoms with Crippen LogP contribution in [0.1, 0.15) is 16.2 Å². The number of H-pyrrole nitrogens is 1. The van der Waals surface area contributed by atoms with Crippen LogP contribution in [0, 0.1) is 0 Å².